The largest absolute Gasteiger partial charge is 0.483 e. The average molecular weight is 335 g/mol. The molecule has 1 aliphatic rings. The molecule has 3 heterocycles. The zero-order valence-electron chi connectivity index (χ0n) is 13.9. The van der Waals surface area contributed by atoms with Crippen LogP contribution in [0.5, 0.6) is 5.75 Å². The lowest BCUT2D eigenvalue weighted by Crippen LogP contribution is -2.44. The molecule has 0 amide bonds. The number of nitrogens with one attached hydrogen (secondary N) is 1. The van der Waals surface area contributed by atoms with Gasteiger partial charge >= 0.3 is 5.69 Å². The van der Waals surface area contributed by atoms with Crippen LogP contribution in [-0.2, 0) is 32.4 Å². The van der Waals surface area contributed by atoms with Gasteiger partial charge in [0.15, 0.2) is 5.75 Å². The van der Waals surface area contributed by atoms with Crippen molar-refractivity contribution in [2.75, 3.05) is 13.2 Å². The molecule has 2 aromatic heterocycles. The SMILES string of the molecule is Cn1cc(O[C@@H]2COC[C@@H]2NCc2cn(C)c(=O)n(C)c2=O)cn1. The van der Waals surface area contributed by atoms with Crippen molar-refractivity contribution in [2.45, 2.75) is 18.7 Å². The number of ether oxygens (including phenoxy) is 2. The van der Waals surface area contributed by atoms with Crippen LogP contribution in [-0.4, -0.2) is 44.3 Å². The first-order valence-corrected chi connectivity index (χ1v) is 7.67. The van der Waals surface area contributed by atoms with E-state index in [-0.39, 0.29) is 23.4 Å². The number of hydrogen-bond donors (Lipinski definition) is 1. The monoisotopic (exact) mass is 335 g/mol. The molecular weight excluding hydrogens is 314 g/mol. The summed E-state index contributed by atoms with van der Waals surface area (Å²) in [6.07, 6.45) is 4.84. The smallest absolute Gasteiger partial charge is 0.330 e. The van der Waals surface area contributed by atoms with Gasteiger partial charge in [0.25, 0.3) is 5.56 Å². The maximum atomic E-state index is 12.2. The Bertz CT molecular complexity index is 837. The molecule has 130 valence electrons. The van der Waals surface area contributed by atoms with Gasteiger partial charge in [-0.25, -0.2) is 4.79 Å². The van der Waals surface area contributed by atoms with E-state index in [1.165, 1.54) is 11.6 Å². The topological polar surface area (TPSA) is 92.3 Å². The van der Waals surface area contributed by atoms with Crippen molar-refractivity contribution >= 4 is 0 Å². The second-order valence-electron chi connectivity index (χ2n) is 5.94. The lowest BCUT2D eigenvalue weighted by Gasteiger charge is -2.19. The summed E-state index contributed by atoms with van der Waals surface area (Å²) >= 11 is 0. The van der Waals surface area contributed by atoms with Gasteiger partial charge in [0.2, 0.25) is 0 Å². The van der Waals surface area contributed by atoms with Gasteiger partial charge in [-0.2, -0.15) is 5.10 Å². The molecule has 1 N–H and O–H groups in total. The van der Waals surface area contributed by atoms with Crippen LogP contribution >= 0.6 is 0 Å². The van der Waals surface area contributed by atoms with E-state index in [1.54, 1.807) is 30.3 Å². The number of aryl methyl sites for hydroxylation is 2. The maximum Gasteiger partial charge on any atom is 0.330 e. The van der Waals surface area contributed by atoms with Gasteiger partial charge in [0, 0.05) is 39.4 Å². The van der Waals surface area contributed by atoms with Crippen LogP contribution < -0.4 is 21.3 Å². The van der Waals surface area contributed by atoms with Gasteiger partial charge in [-0.15, -0.1) is 0 Å². The highest BCUT2D eigenvalue weighted by atomic mass is 16.5. The van der Waals surface area contributed by atoms with E-state index >= 15 is 0 Å². The van der Waals surface area contributed by atoms with Crippen molar-refractivity contribution in [1.29, 1.82) is 0 Å². The van der Waals surface area contributed by atoms with Gasteiger partial charge in [-0.3, -0.25) is 14.0 Å². The van der Waals surface area contributed by atoms with E-state index in [2.05, 4.69) is 10.4 Å². The normalized spacial score (nSPS) is 20.5. The quantitative estimate of drug-likeness (QED) is 0.734. The molecule has 9 nitrogen and oxygen atoms in total. The molecule has 1 fully saturated rings. The summed E-state index contributed by atoms with van der Waals surface area (Å²) in [6, 6.07) is -0.0489. The van der Waals surface area contributed by atoms with Crippen molar-refractivity contribution in [1.82, 2.24) is 24.2 Å². The Hall–Kier alpha value is -2.39. The van der Waals surface area contributed by atoms with E-state index in [9.17, 15) is 9.59 Å². The fourth-order valence-electron chi connectivity index (χ4n) is 2.72. The number of hydrogen-bond acceptors (Lipinski definition) is 6. The molecule has 0 unspecified atom stereocenters. The first kappa shape index (κ1) is 16.5. The minimum Gasteiger partial charge on any atom is -0.483 e. The third-order valence-corrected chi connectivity index (χ3v) is 4.07. The molecule has 0 aromatic carbocycles. The molecule has 9 heteroatoms. The Kier molecular flexibility index (Phi) is 4.54. The molecule has 0 spiro atoms. The Labute approximate surface area is 138 Å². The molecule has 1 aliphatic heterocycles. The van der Waals surface area contributed by atoms with Crippen molar-refractivity contribution in [3.63, 3.8) is 0 Å². The molecule has 1 saturated heterocycles. The first-order chi connectivity index (χ1) is 11.5. The van der Waals surface area contributed by atoms with Crippen LogP contribution in [0.3, 0.4) is 0 Å². The Morgan fingerprint density at radius 2 is 2.08 bits per heavy atom. The fraction of sp³-hybridized carbons (Fsp3) is 0.533. The summed E-state index contributed by atoms with van der Waals surface area (Å²) in [5.41, 5.74) is -0.119. The third-order valence-electron chi connectivity index (χ3n) is 4.07. The zero-order chi connectivity index (χ0) is 17.3. The third kappa shape index (κ3) is 3.26. The van der Waals surface area contributed by atoms with E-state index in [4.69, 9.17) is 9.47 Å². The highest BCUT2D eigenvalue weighted by molar-refractivity contribution is 5.13. The van der Waals surface area contributed by atoms with Crippen LogP contribution in [0.1, 0.15) is 5.56 Å². The van der Waals surface area contributed by atoms with Gasteiger partial charge in [-0.05, 0) is 0 Å². The summed E-state index contributed by atoms with van der Waals surface area (Å²) in [7, 11) is 4.92. The summed E-state index contributed by atoms with van der Waals surface area (Å²) in [4.78, 5) is 23.9. The minimum atomic E-state index is -0.342. The highest BCUT2D eigenvalue weighted by Crippen LogP contribution is 2.16. The van der Waals surface area contributed by atoms with Crippen molar-refractivity contribution < 1.29 is 9.47 Å². The van der Waals surface area contributed by atoms with Crippen molar-refractivity contribution in [3.05, 3.63) is 45.0 Å². The predicted molar refractivity (Wildman–Crippen MR) is 86.0 cm³/mol. The fourth-order valence-corrected chi connectivity index (χ4v) is 2.72. The van der Waals surface area contributed by atoms with Gasteiger partial charge in [-0.1, -0.05) is 0 Å². The van der Waals surface area contributed by atoms with E-state index in [0.717, 1.165) is 4.57 Å². The number of aromatic nitrogens is 4. The van der Waals surface area contributed by atoms with Crippen LogP contribution in [0, 0.1) is 0 Å². The molecule has 2 aromatic rings. The lowest BCUT2D eigenvalue weighted by molar-refractivity contribution is 0.139. The highest BCUT2D eigenvalue weighted by Gasteiger charge is 2.30. The van der Waals surface area contributed by atoms with Crippen LogP contribution in [0.4, 0.5) is 0 Å². The lowest BCUT2D eigenvalue weighted by atomic mass is 10.2. The predicted octanol–water partition coefficient (Wildman–Crippen LogP) is -1.25. The van der Waals surface area contributed by atoms with Gasteiger partial charge < -0.3 is 19.4 Å². The minimum absolute atomic E-state index is 0.0489. The molecule has 2 atom stereocenters. The summed E-state index contributed by atoms with van der Waals surface area (Å²) < 4.78 is 15.5. The van der Waals surface area contributed by atoms with Crippen LogP contribution in [0.2, 0.25) is 0 Å². The summed E-state index contributed by atoms with van der Waals surface area (Å²) in [6.45, 7) is 1.30. The Balaban J connectivity index is 1.67. The van der Waals surface area contributed by atoms with E-state index in [1.807, 2.05) is 7.05 Å². The molecule has 24 heavy (non-hydrogen) atoms. The molecular formula is C15H21N5O4. The zero-order valence-corrected chi connectivity index (χ0v) is 13.9. The number of rotatable bonds is 5. The molecule has 0 saturated carbocycles. The van der Waals surface area contributed by atoms with Crippen LogP contribution in [0.15, 0.2) is 28.2 Å². The molecule has 0 bridgehead atoms. The second-order valence-corrected chi connectivity index (χ2v) is 5.94. The van der Waals surface area contributed by atoms with E-state index in [0.29, 0.717) is 31.1 Å². The standard InChI is InChI=1S/C15H21N5O4/c1-18-6-10(14(21)20(3)15(18)22)4-16-12-8-23-9-13(12)24-11-5-17-19(2)7-11/h5-7,12-13,16H,4,8-9H2,1-3H3/t12-,13+/m0/s1. The Morgan fingerprint density at radius 3 is 2.79 bits per heavy atom. The maximum absolute atomic E-state index is 12.2. The summed E-state index contributed by atoms with van der Waals surface area (Å²) in [5, 5.41) is 7.35. The Morgan fingerprint density at radius 1 is 1.29 bits per heavy atom. The van der Waals surface area contributed by atoms with Crippen molar-refractivity contribution in [3.8, 4) is 5.75 Å². The molecule has 0 aliphatic carbocycles. The average Bonchev–Trinajstić information content (AvgIpc) is 3.17. The number of nitrogens with zero attached hydrogens (tertiary/aromatic N) is 4. The van der Waals surface area contributed by atoms with Gasteiger partial charge in [0.1, 0.15) is 6.10 Å². The molecule has 0 radical (unpaired) electrons. The van der Waals surface area contributed by atoms with Crippen molar-refractivity contribution in [2.24, 2.45) is 21.1 Å². The second kappa shape index (κ2) is 6.62. The first-order valence-electron chi connectivity index (χ1n) is 7.67. The van der Waals surface area contributed by atoms with E-state index < -0.39 is 0 Å². The van der Waals surface area contributed by atoms with Gasteiger partial charge in [0.05, 0.1) is 31.6 Å². The summed E-state index contributed by atoms with van der Waals surface area (Å²) in [5.74, 6) is 0.679. The van der Waals surface area contributed by atoms with Crippen LogP contribution in [0.25, 0.3) is 0 Å². The molecule has 3 rings (SSSR count).